The minimum absolute atomic E-state index is 0.0533. The van der Waals surface area contributed by atoms with Crippen molar-refractivity contribution in [1.82, 2.24) is 0 Å². The number of carbonyl (C=O) groups is 1. The van der Waals surface area contributed by atoms with Crippen LogP contribution < -0.4 is 4.90 Å². The van der Waals surface area contributed by atoms with Crippen molar-refractivity contribution < 1.29 is 14.3 Å². The van der Waals surface area contributed by atoms with Gasteiger partial charge in [-0.1, -0.05) is 66.2 Å². The molecule has 1 amide bonds. The molecule has 0 heterocycles. The van der Waals surface area contributed by atoms with E-state index in [2.05, 4.69) is 0 Å². The Balaban J connectivity index is 1.83. The molecule has 3 aromatic carbocycles. The van der Waals surface area contributed by atoms with E-state index in [1.165, 1.54) is 23.8 Å². The van der Waals surface area contributed by atoms with Crippen LogP contribution in [0.3, 0.4) is 0 Å². The number of carboxylic acid groups (broad SMARTS) is 1. The van der Waals surface area contributed by atoms with Gasteiger partial charge in [0.2, 0.25) is 0 Å². The smallest absolute Gasteiger partial charge is 0.412 e. The molecular weight excluding hydrogens is 317 g/mol. The Hall–Kier alpha value is -3.14. The summed E-state index contributed by atoms with van der Waals surface area (Å²) >= 11 is 0. The summed E-state index contributed by atoms with van der Waals surface area (Å²) < 4.78 is 13.9. The fourth-order valence-electron chi connectivity index (χ4n) is 2.66. The van der Waals surface area contributed by atoms with Gasteiger partial charge in [0, 0.05) is 0 Å². The lowest BCUT2D eigenvalue weighted by Crippen LogP contribution is -2.29. The van der Waals surface area contributed by atoms with E-state index in [1.54, 1.807) is 6.07 Å². The van der Waals surface area contributed by atoms with E-state index in [0.29, 0.717) is 0 Å². The van der Waals surface area contributed by atoms with Gasteiger partial charge in [-0.15, -0.1) is 0 Å². The second-order valence-corrected chi connectivity index (χ2v) is 5.88. The van der Waals surface area contributed by atoms with Crippen molar-refractivity contribution in [3.63, 3.8) is 0 Å². The topological polar surface area (TPSA) is 40.5 Å². The highest BCUT2D eigenvalue weighted by Gasteiger charge is 2.18. The predicted molar refractivity (Wildman–Crippen MR) is 97.2 cm³/mol. The van der Waals surface area contributed by atoms with Crippen LogP contribution in [0.2, 0.25) is 0 Å². The van der Waals surface area contributed by atoms with Gasteiger partial charge in [-0.2, -0.15) is 0 Å². The van der Waals surface area contributed by atoms with Crippen LogP contribution >= 0.6 is 0 Å². The molecule has 126 valence electrons. The molecular formula is C21H18FNO2. The Morgan fingerprint density at radius 3 is 2.04 bits per heavy atom. The second-order valence-electron chi connectivity index (χ2n) is 5.88. The van der Waals surface area contributed by atoms with Gasteiger partial charge >= 0.3 is 6.09 Å². The number of nitrogens with zero attached hydrogens (tertiary/aromatic N) is 1. The number of hydrogen-bond donors (Lipinski definition) is 1. The van der Waals surface area contributed by atoms with Crippen molar-refractivity contribution in [2.45, 2.75) is 13.5 Å². The van der Waals surface area contributed by atoms with Gasteiger partial charge in [-0.3, -0.25) is 4.90 Å². The first-order chi connectivity index (χ1) is 12.0. The summed E-state index contributed by atoms with van der Waals surface area (Å²) in [6.45, 7) is 2.13. The Morgan fingerprint density at radius 1 is 0.920 bits per heavy atom. The molecule has 0 fully saturated rings. The maximum absolute atomic E-state index is 13.9. The third kappa shape index (κ3) is 3.86. The molecule has 0 spiro atoms. The molecule has 0 aliphatic rings. The van der Waals surface area contributed by atoms with E-state index in [1.807, 2.05) is 55.5 Å². The van der Waals surface area contributed by atoms with Crippen molar-refractivity contribution in [2.75, 3.05) is 4.90 Å². The molecule has 4 heteroatoms. The molecule has 0 aliphatic heterocycles. The quantitative estimate of drug-likeness (QED) is 0.685. The SMILES string of the molecule is Cc1ccc(-c2ccc(CN(C(=O)O)c3ccccc3F)cc2)cc1. The third-order valence-electron chi connectivity index (χ3n) is 4.05. The first kappa shape index (κ1) is 16.7. The fraction of sp³-hybridized carbons (Fsp3) is 0.0952. The van der Waals surface area contributed by atoms with Crippen molar-refractivity contribution in [1.29, 1.82) is 0 Å². The van der Waals surface area contributed by atoms with Gasteiger partial charge < -0.3 is 5.11 Å². The summed E-state index contributed by atoms with van der Waals surface area (Å²) in [7, 11) is 0. The molecule has 0 atom stereocenters. The summed E-state index contributed by atoms with van der Waals surface area (Å²) in [5.41, 5.74) is 4.19. The summed E-state index contributed by atoms with van der Waals surface area (Å²) in [5, 5.41) is 9.43. The van der Waals surface area contributed by atoms with E-state index < -0.39 is 11.9 Å². The first-order valence-electron chi connectivity index (χ1n) is 7.95. The Kier molecular flexibility index (Phi) is 4.80. The summed E-state index contributed by atoms with van der Waals surface area (Å²) in [4.78, 5) is 12.5. The number of hydrogen-bond acceptors (Lipinski definition) is 1. The van der Waals surface area contributed by atoms with E-state index in [4.69, 9.17) is 0 Å². The molecule has 0 radical (unpaired) electrons. The highest BCUT2D eigenvalue weighted by Crippen LogP contribution is 2.24. The average Bonchev–Trinajstić information content (AvgIpc) is 2.61. The van der Waals surface area contributed by atoms with Crippen molar-refractivity contribution in [3.8, 4) is 11.1 Å². The summed E-state index contributed by atoms with van der Waals surface area (Å²) in [6.07, 6.45) is -1.19. The molecule has 3 rings (SSSR count). The third-order valence-corrected chi connectivity index (χ3v) is 4.05. The lowest BCUT2D eigenvalue weighted by molar-refractivity contribution is 0.201. The van der Waals surface area contributed by atoms with E-state index in [0.717, 1.165) is 21.6 Å². The highest BCUT2D eigenvalue weighted by molar-refractivity contribution is 5.86. The van der Waals surface area contributed by atoms with Crippen LogP contribution in [0.4, 0.5) is 14.9 Å². The van der Waals surface area contributed by atoms with Crippen molar-refractivity contribution in [3.05, 3.63) is 89.7 Å². The summed E-state index contributed by atoms with van der Waals surface area (Å²) in [5.74, 6) is -0.554. The molecule has 3 aromatic rings. The van der Waals surface area contributed by atoms with Gasteiger partial charge in [0.1, 0.15) is 5.82 Å². The average molecular weight is 335 g/mol. The first-order valence-corrected chi connectivity index (χ1v) is 7.95. The molecule has 0 saturated carbocycles. The molecule has 3 nitrogen and oxygen atoms in total. The lowest BCUT2D eigenvalue weighted by Gasteiger charge is -2.20. The van der Waals surface area contributed by atoms with Crippen molar-refractivity contribution >= 4 is 11.8 Å². The fourth-order valence-corrected chi connectivity index (χ4v) is 2.66. The molecule has 0 aliphatic carbocycles. The van der Waals surface area contributed by atoms with Crippen LogP contribution in [-0.4, -0.2) is 11.2 Å². The minimum atomic E-state index is -1.19. The maximum Gasteiger partial charge on any atom is 0.412 e. The Labute approximate surface area is 146 Å². The lowest BCUT2D eigenvalue weighted by atomic mass is 10.0. The number of halogens is 1. The molecule has 25 heavy (non-hydrogen) atoms. The zero-order valence-corrected chi connectivity index (χ0v) is 13.8. The van der Waals surface area contributed by atoms with Crippen LogP contribution in [-0.2, 0) is 6.54 Å². The molecule has 0 saturated heterocycles. The van der Waals surface area contributed by atoms with Crippen LogP contribution in [0.15, 0.2) is 72.8 Å². The number of aryl methyl sites for hydroxylation is 1. The van der Waals surface area contributed by atoms with Gasteiger partial charge in [0.05, 0.1) is 12.2 Å². The number of benzene rings is 3. The van der Waals surface area contributed by atoms with Crippen LogP contribution in [0.1, 0.15) is 11.1 Å². The zero-order chi connectivity index (χ0) is 17.8. The highest BCUT2D eigenvalue weighted by atomic mass is 19.1. The normalized spacial score (nSPS) is 10.5. The molecule has 0 unspecified atom stereocenters. The minimum Gasteiger partial charge on any atom is -0.465 e. The predicted octanol–water partition coefficient (Wildman–Crippen LogP) is 5.49. The number of amides is 1. The number of rotatable bonds is 4. The maximum atomic E-state index is 13.9. The van der Waals surface area contributed by atoms with Gasteiger partial charge in [-0.25, -0.2) is 9.18 Å². The van der Waals surface area contributed by atoms with Gasteiger partial charge in [0.25, 0.3) is 0 Å². The summed E-state index contributed by atoms with van der Waals surface area (Å²) in [6, 6.07) is 21.7. The second kappa shape index (κ2) is 7.18. The largest absolute Gasteiger partial charge is 0.465 e. The van der Waals surface area contributed by atoms with E-state index in [9.17, 15) is 14.3 Å². The Bertz CT molecular complexity index is 873. The number of anilines is 1. The molecule has 0 bridgehead atoms. The van der Waals surface area contributed by atoms with Crippen LogP contribution in [0.5, 0.6) is 0 Å². The number of para-hydroxylation sites is 1. The standard InChI is InChI=1S/C21H18FNO2/c1-15-6-10-17(11-7-15)18-12-8-16(9-13-18)14-23(21(24)25)20-5-3-2-4-19(20)22/h2-13H,14H2,1H3,(H,24,25). The molecule has 1 N–H and O–H groups in total. The monoisotopic (exact) mass is 335 g/mol. The van der Waals surface area contributed by atoms with E-state index >= 15 is 0 Å². The van der Waals surface area contributed by atoms with Crippen molar-refractivity contribution in [2.24, 2.45) is 0 Å². The van der Waals surface area contributed by atoms with Crippen LogP contribution in [0, 0.1) is 12.7 Å². The zero-order valence-electron chi connectivity index (χ0n) is 13.8. The molecule has 0 aromatic heterocycles. The van der Waals surface area contributed by atoms with Crippen LogP contribution in [0.25, 0.3) is 11.1 Å². The van der Waals surface area contributed by atoms with Gasteiger partial charge in [0.15, 0.2) is 0 Å². The van der Waals surface area contributed by atoms with Gasteiger partial charge in [-0.05, 0) is 35.7 Å². The van der Waals surface area contributed by atoms with E-state index in [-0.39, 0.29) is 12.2 Å². The Morgan fingerprint density at radius 2 is 1.48 bits per heavy atom.